The molecule has 0 spiro atoms. The van der Waals surface area contributed by atoms with Gasteiger partial charge in [-0.2, -0.15) is 0 Å². The Morgan fingerprint density at radius 2 is 2.29 bits per heavy atom. The summed E-state index contributed by atoms with van der Waals surface area (Å²) >= 11 is 5.65. The van der Waals surface area contributed by atoms with Gasteiger partial charge in [0.25, 0.3) is 0 Å². The van der Waals surface area contributed by atoms with E-state index in [0.29, 0.717) is 10.7 Å². The predicted molar refractivity (Wildman–Crippen MR) is 67.8 cm³/mol. The number of aromatic nitrogens is 1. The fourth-order valence-electron chi connectivity index (χ4n) is 2.01. The summed E-state index contributed by atoms with van der Waals surface area (Å²) in [4.78, 5) is 3.88. The zero-order valence-electron chi connectivity index (χ0n) is 9.39. The standard InChI is InChI=1S/C11H15ClN2O2S/c12-11-4-3-9(6-14-11)7-17(15,16)8-10-2-1-5-13-10/h3-4,6,10,13H,1-2,5,7-8H2. The van der Waals surface area contributed by atoms with Crippen LogP contribution in [0.1, 0.15) is 18.4 Å². The molecular formula is C11H15ClN2O2S. The summed E-state index contributed by atoms with van der Waals surface area (Å²) in [6.45, 7) is 0.919. The number of sulfone groups is 1. The quantitative estimate of drug-likeness (QED) is 0.844. The first-order chi connectivity index (χ1) is 8.05. The molecule has 0 bridgehead atoms. The van der Waals surface area contributed by atoms with Gasteiger partial charge in [-0.1, -0.05) is 17.7 Å². The van der Waals surface area contributed by atoms with Crippen LogP contribution >= 0.6 is 11.6 Å². The molecule has 1 saturated heterocycles. The monoisotopic (exact) mass is 274 g/mol. The lowest BCUT2D eigenvalue weighted by Gasteiger charge is -2.10. The highest BCUT2D eigenvalue weighted by atomic mass is 35.5. The van der Waals surface area contributed by atoms with Crippen LogP contribution in [0.3, 0.4) is 0 Å². The molecule has 1 aromatic heterocycles. The summed E-state index contributed by atoms with van der Waals surface area (Å²) in [5.74, 6) is 0.241. The van der Waals surface area contributed by atoms with E-state index in [9.17, 15) is 8.42 Å². The Balaban J connectivity index is 1.98. The van der Waals surface area contributed by atoms with Crippen molar-refractivity contribution in [2.75, 3.05) is 12.3 Å². The Labute approximate surface area is 106 Å². The third-order valence-corrected chi connectivity index (χ3v) is 4.70. The highest BCUT2D eigenvalue weighted by Gasteiger charge is 2.22. The minimum atomic E-state index is -3.08. The van der Waals surface area contributed by atoms with Gasteiger partial charge in [-0.15, -0.1) is 0 Å². The zero-order chi connectivity index (χ0) is 12.3. The summed E-state index contributed by atoms with van der Waals surface area (Å²) in [5.41, 5.74) is 0.687. The summed E-state index contributed by atoms with van der Waals surface area (Å²) in [6, 6.07) is 3.43. The summed E-state index contributed by atoms with van der Waals surface area (Å²) in [5, 5.41) is 3.57. The van der Waals surface area contributed by atoms with Crippen molar-refractivity contribution < 1.29 is 8.42 Å². The smallest absolute Gasteiger partial charge is 0.156 e. The average Bonchev–Trinajstić information content (AvgIpc) is 2.73. The molecule has 2 rings (SSSR count). The van der Waals surface area contributed by atoms with Crippen LogP contribution in [0.2, 0.25) is 5.15 Å². The van der Waals surface area contributed by atoms with E-state index in [2.05, 4.69) is 10.3 Å². The van der Waals surface area contributed by atoms with E-state index in [1.165, 1.54) is 6.20 Å². The largest absolute Gasteiger partial charge is 0.313 e. The first kappa shape index (κ1) is 12.8. The van der Waals surface area contributed by atoms with Crippen molar-refractivity contribution in [3.8, 4) is 0 Å². The summed E-state index contributed by atoms with van der Waals surface area (Å²) in [7, 11) is -3.08. The zero-order valence-corrected chi connectivity index (χ0v) is 11.0. The Bertz CT molecular complexity index is 467. The van der Waals surface area contributed by atoms with E-state index in [1.54, 1.807) is 12.1 Å². The van der Waals surface area contributed by atoms with Crippen LogP contribution in [0, 0.1) is 0 Å². The minimum Gasteiger partial charge on any atom is -0.313 e. The second kappa shape index (κ2) is 5.33. The topological polar surface area (TPSA) is 59.1 Å². The van der Waals surface area contributed by atoms with Crippen molar-refractivity contribution in [1.82, 2.24) is 10.3 Å². The molecule has 1 unspecified atom stereocenters. The maximum Gasteiger partial charge on any atom is 0.156 e. The van der Waals surface area contributed by atoms with Gasteiger partial charge in [0.15, 0.2) is 9.84 Å². The van der Waals surface area contributed by atoms with E-state index in [4.69, 9.17) is 11.6 Å². The molecule has 1 aromatic rings. The molecule has 0 aliphatic carbocycles. The molecule has 0 radical (unpaired) electrons. The molecule has 4 nitrogen and oxygen atoms in total. The maximum atomic E-state index is 11.9. The van der Waals surface area contributed by atoms with Crippen LogP contribution in [0.4, 0.5) is 0 Å². The first-order valence-electron chi connectivity index (χ1n) is 5.59. The molecule has 1 atom stereocenters. The predicted octanol–water partition coefficient (Wildman–Crippen LogP) is 1.40. The number of nitrogens with one attached hydrogen (secondary N) is 1. The SMILES string of the molecule is O=S(=O)(Cc1ccc(Cl)nc1)CC1CCCN1. The van der Waals surface area contributed by atoms with E-state index >= 15 is 0 Å². The average molecular weight is 275 g/mol. The molecule has 1 aliphatic heterocycles. The van der Waals surface area contributed by atoms with Gasteiger partial charge in [0, 0.05) is 12.2 Å². The van der Waals surface area contributed by atoms with E-state index < -0.39 is 9.84 Å². The van der Waals surface area contributed by atoms with Gasteiger partial charge >= 0.3 is 0 Å². The van der Waals surface area contributed by atoms with Crippen molar-refractivity contribution in [2.45, 2.75) is 24.6 Å². The van der Waals surface area contributed by atoms with Crippen molar-refractivity contribution in [3.63, 3.8) is 0 Å². The first-order valence-corrected chi connectivity index (χ1v) is 7.79. The van der Waals surface area contributed by atoms with Gasteiger partial charge < -0.3 is 5.32 Å². The lowest BCUT2D eigenvalue weighted by Crippen LogP contribution is -2.30. The molecular weight excluding hydrogens is 260 g/mol. The molecule has 6 heteroatoms. The molecule has 0 amide bonds. The number of pyridine rings is 1. The van der Waals surface area contributed by atoms with E-state index in [1.807, 2.05) is 0 Å². The lowest BCUT2D eigenvalue weighted by atomic mass is 10.3. The Morgan fingerprint density at radius 3 is 2.88 bits per heavy atom. The second-order valence-corrected chi connectivity index (χ2v) is 6.83. The molecule has 17 heavy (non-hydrogen) atoms. The summed E-state index contributed by atoms with van der Waals surface area (Å²) in [6.07, 6.45) is 3.52. The van der Waals surface area contributed by atoms with E-state index in [0.717, 1.165) is 19.4 Å². The Hall–Kier alpha value is -0.650. The van der Waals surface area contributed by atoms with Gasteiger partial charge in [-0.3, -0.25) is 0 Å². The minimum absolute atomic E-state index is 0.0371. The molecule has 1 aliphatic rings. The second-order valence-electron chi connectivity index (χ2n) is 4.34. The summed E-state index contributed by atoms with van der Waals surface area (Å²) < 4.78 is 23.9. The molecule has 2 heterocycles. The highest BCUT2D eigenvalue weighted by molar-refractivity contribution is 7.90. The van der Waals surface area contributed by atoms with Gasteiger partial charge in [-0.25, -0.2) is 13.4 Å². The third-order valence-electron chi connectivity index (χ3n) is 2.79. The van der Waals surface area contributed by atoms with Crippen molar-refractivity contribution in [2.24, 2.45) is 0 Å². The molecule has 94 valence electrons. The van der Waals surface area contributed by atoms with Gasteiger partial charge in [0.2, 0.25) is 0 Å². The normalized spacial score (nSPS) is 20.6. The number of halogens is 1. The van der Waals surface area contributed by atoms with Crippen LogP contribution < -0.4 is 5.32 Å². The molecule has 1 fully saturated rings. The van der Waals surface area contributed by atoms with Crippen LogP contribution in [0.5, 0.6) is 0 Å². The van der Waals surface area contributed by atoms with Crippen molar-refractivity contribution >= 4 is 21.4 Å². The van der Waals surface area contributed by atoms with E-state index in [-0.39, 0.29) is 17.5 Å². The molecule has 1 N–H and O–H groups in total. The van der Waals surface area contributed by atoms with Gasteiger partial charge in [-0.05, 0) is 31.0 Å². The fourth-order valence-corrected chi connectivity index (χ4v) is 3.82. The third kappa shape index (κ3) is 3.94. The number of hydrogen-bond acceptors (Lipinski definition) is 4. The molecule has 0 saturated carbocycles. The van der Waals surface area contributed by atoms with Crippen molar-refractivity contribution in [3.05, 3.63) is 29.0 Å². The fraction of sp³-hybridized carbons (Fsp3) is 0.545. The van der Waals surface area contributed by atoms with Crippen LogP contribution in [-0.4, -0.2) is 31.7 Å². The maximum absolute atomic E-state index is 11.9. The highest BCUT2D eigenvalue weighted by Crippen LogP contribution is 2.13. The molecule has 0 aromatic carbocycles. The van der Waals surface area contributed by atoms with Crippen LogP contribution in [-0.2, 0) is 15.6 Å². The van der Waals surface area contributed by atoms with Gasteiger partial charge in [0.05, 0.1) is 11.5 Å². The Morgan fingerprint density at radius 1 is 1.47 bits per heavy atom. The van der Waals surface area contributed by atoms with Crippen LogP contribution in [0.15, 0.2) is 18.3 Å². The Kier molecular flexibility index (Phi) is 4.01. The van der Waals surface area contributed by atoms with Gasteiger partial charge in [0.1, 0.15) is 5.15 Å². The lowest BCUT2D eigenvalue weighted by molar-refractivity contribution is 0.576. The van der Waals surface area contributed by atoms with Crippen LogP contribution in [0.25, 0.3) is 0 Å². The van der Waals surface area contributed by atoms with Crippen molar-refractivity contribution in [1.29, 1.82) is 0 Å². The number of nitrogens with zero attached hydrogens (tertiary/aromatic N) is 1. The number of hydrogen-bond donors (Lipinski definition) is 1. The number of rotatable bonds is 4.